The van der Waals surface area contributed by atoms with Gasteiger partial charge in [-0.25, -0.2) is 8.42 Å². The highest BCUT2D eigenvalue weighted by Crippen LogP contribution is 2.05. The van der Waals surface area contributed by atoms with Gasteiger partial charge in [0.05, 0.1) is 12.8 Å². The Kier molecular flexibility index (Phi) is 7.06. The molecule has 1 heterocycles. The zero-order valence-electron chi connectivity index (χ0n) is 12.5. The Hall–Kier alpha value is -1.19. The van der Waals surface area contributed by atoms with Crippen LogP contribution in [0.25, 0.3) is 0 Å². The lowest BCUT2D eigenvalue weighted by atomic mass is 10.3. The average Bonchev–Trinajstić information content (AvgIpc) is 2.45. The van der Waals surface area contributed by atoms with Gasteiger partial charge < -0.3 is 14.5 Å². The first-order valence-corrected chi connectivity index (χ1v) is 8.64. The standard InChI is InChI=1S/C12H23N3O5S/c1-20-9-3-4-15(21(2,18)19)10-12(17)14-7-5-13(11-16)6-8-14/h11H,3-10H2,1-2H3. The molecule has 1 rings (SSSR count). The molecule has 2 amide bonds. The molecule has 0 aromatic carbocycles. The first kappa shape index (κ1) is 17.9. The first-order chi connectivity index (χ1) is 9.88. The van der Waals surface area contributed by atoms with Gasteiger partial charge in [0.2, 0.25) is 22.3 Å². The number of methoxy groups -OCH3 is 1. The largest absolute Gasteiger partial charge is 0.385 e. The molecule has 0 unspecified atom stereocenters. The third-order valence-corrected chi connectivity index (χ3v) is 4.60. The Bertz CT molecular complexity index is 446. The summed E-state index contributed by atoms with van der Waals surface area (Å²) in [7, 11) is -1.89. The van der Waals surface area contributed by atoms with Gasteiger partial charge in [0.25, 0.3) is 0 Å². The topological polar surface area (TPSA) is 87.2 Å². The maximum Gasteiger partial charge on any atom is 0.238 e. The summed E-state index contributed by atoms with van der Waals surface area (Å²) in [5, 5.41) is 0. The van der Waals surface area contributed by atoms with Crippen LogP contribution in [-0.2, 0) is 24.3 Å². The number of hydrogen-bond acceptors (Lipinski definition) is 5. The van der Waals surface area contributed by atoms with E-state index in [0.717, 1.165) is 12.7 Å². The van der Waals surface area contributed by atoms with Crippen LogP contribution in [0.2, 0.25) is 0 Å². The second-order valence-corrected chi connectivity index (χ2v) is 6.95. The third-order valence-electron chi connectivity index (χ3n) is 3.35. The van der Waals surface area contributed by atoms with E-state index in [9.17, 15) is 18.0 Å². The zero-order valence-corrected chi connectivity index (χ0v) is 13.3. The molecule has 1 aliphatic rings. The van der Waals surface area contributed by atoms with Crippen molar-refractivity contribution in [2.75, 3.05) is 59.2 Å². The molecule has 0 spiro atoms. The SMILES string of the molecule is COCCCN(CC(=O)N1CCN(C=O)CC1)S(C)(=O)=O. The predicted molar refractivity (Wildman–Crippen MR) is 77.1 cm³/mol. The van der Waals surface area contributed by atoms with Crippen molar-refractivity contribution in [2.24, 2.45) is 0 Å². The molecule has 0 aromatic rings. The van der Waals surface area contributed by atoms with Crippen molar-refractivity contribution in [3.8, 4) is 0 Å². The highest BCUT2D eigenvalue weighted by molar-refractivity contribution is 7.88. The van der Waals surface area contributed by atoms with Gasteiger partial charge in [-0.3, -0.25) is 9.59 Å². The van der Waals surface area contributed by atoms with Crippen LogP contribution in [0.4, 0.5) is 0 Å². The van der Waals surface area contributed by atoms with Crippen LogP contribution in [-0.4, -0.2) is 94.1 Å². The number of piperazine rings is 1. The summed E-state index contributed by atoms with van der Waals surface area (Å²) in [5.74, 6) is -0.233. The van der Waals surface area contributed by atoms with E-state index in [0.29, 0.717) is 39.2 Å². The lowest BCUT2D eigenvalue weighted by Crippen LogP contribution is -2.51. The Morgan fingerprint density at radius 2 is 1.90 bits per heavy atom. The summed E-state index contributed by atoms with van der Waals surface area (Å²) in [6.07, 6.45) is 2.39. The maximum absolute atomic E-state index is 12.2. The van der Waals surface area contributed by atoms with Crippen LogP contribution in [0, 0.1) is 0 Å². The Labute approximate surface area is 125 Å². The van der Waals surface area contributed by atoms with E-state index in [-0.39, 0.29) is 19.0 Å². The molecule has 1 saturated heterocycles. The molecule has 9 heteroatoms. The van der Waals surface area contributed by atoms with Crippen LogP contribution < -0.4 is 0 Å². The molecular weight excluding hydrogens is 298 g/mol. The highest BCUT2D eigenvalue weighted by atomic mass is 32.2. The molecule has 1 fully saturated rings. The molecule has 0 radical (unpaired) electrons. The van der Waals surface area contributed by atoms with E-state index in [4.69, 9.17) is 4.74 Å². The zero-order chi connectivity index (χ0) is 15.9. The molecule has 0 atom stereocenters. The number of amides is 2. The summed E-state index contributed by atoms with van der Waals surface area (Å²) < 4.78 is 29.5. The van der Waals surface area contributed by atoms with E-state index >= 15 is 0 Å². The number of hydrogen-bond donors (Lipinski definition) is 0. The summed E-state index contributed by atoms with van der Waals surface area (Å²) >= 11 is 0. The predicted octanol–water partition coefficient (Wildman–Crippen LogP) is -1.41. The fourth-order valence-corrected chi connectivity index (χ4v) is 2.88. The first-order valence-electron chi connectivity index (χ1n) is 6.79. The number of carbonyl (C=O) groups excluding carboxylic acids is 2. The molecule has 8 nitrogen and oxygen atoms in total. The second kappa shape index (κ2) is 8.30. The number of nitrogens with zero attached hydrogens (tertiary/aromatic N) is 3. The quantitative estimate of drug-likeness (QED) is 0.405. The molecule has 0 saturated carbocycles. The van der Waals surface area contributed by atoms with Crippen LogP contribution in [0.3, 0.4) is 0 Å². The van der Waals surface area contributed by atoms with E-state index < -0.39 is 10.0 Å². The van der Waals surface area contributed by atoms with Crippen molar-refractivity contribution < 1.29 is 22.7 Å². The van der Waals surface area contributed by atoms with Crippen LogP contribution >= 0.6 is 0 Å². The van der Waals surface area contributed by atoms with Crippen LogP contribution in [0.5, 0.6) is 0 Å². The second-order valence-electron chi connectivity index (χ2n) is 4.97. The van der Waals surface area contributed by atoms with Crippen LogP contribution in [0.15, 0.2) is 0 Å². The number of carbonyl (C=O) groups is 2. The minimum Gasteiger partial charge on any atom is -0.385 e. The molecule has 21 heavy (non-hydrogen) atoms. The number of sulfonamides is 1. The summed E-state index contributed by atoms with van der Waals surface area (Å²) in [4.78, 5) is 26.0. The monoisotopic (exact) mass is 321 g/mol. The van der Waals surface area contributed by atoms with Gasteiger partial charge in [0.15, 0.2) is 0 Å². The Morgan fingerprint density at radius 3 is 2.38 bits per heavy atom. The smallest absolute Gasteiger partial charge is 0.238 e. The van der Waals surface area contributed by atoms with Gasteiger partial charge in [-0.15, -0.1) is 0 Å². The average molecular weight is 321 g/mol. The van der Waals surface area contributed by atoms with Gasteiger partial charge >= 0.3 is 0 Å². The van der Waals surface area contributed by atoms with Crippen molar-refractivity contribution >= 4 is 22.3 Å². The van der Waals surface area contributed by atoms with E-state index in [1.807, 2.05) is 0 Å². The Balaban J connectivity index is 2.54. The van der Waals surface area contributed by atoms with Crippen molar-refractivity contribution in [3.05, 3.63) is 0 Å². The number of ether oxygens (including phenoxy) is 1. The molecule has 1 aliphatic heterocycles. The summed E-state index contributed by atoms with van der Waals surface area (Å²) in [6.45, 7) is 2.38. The molecule has 0 aromatic heterocycles. The van der Waals surface area contributed by atoms with E-state index in [1.165, 1.54) is 4.31 Å². The Morgan fingerprint density at radius 1 is 1.29 bits per heavy atom. The van der Waals surface area contributed by atoms with Gasteiger partial charge in [-0.2, -0.15) is 4.31 Å². The summed E-state index contributed by atoms with van der Waals surface area (Å²) in [5.41, 5.74) is 0. The van der Waals surface area contributed by atoms with Crippen molar-refractivity contribution in [1.82, 2.24) is 14.1 Å². The lowest BCUT2D eigenvalue weighted by Gasteiger charge is -2.33. The number of rotatable bonds is 8. The van der Waals surface area contributed by atoms with Crippen molar-refractivity contribution in [1.29, 1.82) is 0 Å². The molecule has 0 N–H and O–H groups in total. The fraction of sp³-hybridized carbons (Fsp3) is 0.833. The fourth-order valence-electron chi connectivity index (χ4n) is 2.07. The normalized spacial score (nSPS) is 16.3. The third kappa shape index (κ3) is 5.98. The van der Waals surface area contributed by atoms with Crippen LogP contribution in [0.1, 0.15) is 6.42 Å². The molecular formula is C12H23N3O5S. The van der Waals surface area contributed by atoms with Gasteiger partial charge in [0.1, 0.15) is 0 Å². The molecule has 0 bridgehead atoms. The van der Waals surface area contributed by atoms with Gasteiger partial charge in [-0.05, 0) is 6.42 Å². The molecule has 122 valence electrons. The minimum absolute atomic E-state index is 0.163. The molecule has 0 aliphatic carbocycles. The van der Waals surface area contributed by atoms with Gasteiger partial charge in [0, 0.05) is 46.4 Å². The highest BCUT2D eigenvalue weighted by Gasteiger charge is 2.25. The van der Waals surface area contributed by atoms with E-state index in [2.05, 4.69) is 0 Å². The van der Waals surface area contributed by atoms with Gasteiger partial charge in [-0.1, -0.05) is 0 Å². The minimum atomic E-state index is -3.43. The summed E-state index contributed by atoms with van der Waals surface area (Å²) in [6, 6.07) is 0. The lowest BCUT2D eigenvalue weighted by molar-refractivity contribution is -0.135. The van der Waals surface area contributed by atoms with Crippen molar-refractivity contribution in [3.63, 3.8) is 0 Å². The van der Waals surface area contributed by atoms with E-state index in [1.54, 1.807) is 16.9 Å². The maximum atomic E-state index is 12.2. The van der Waals surface area contributed by atoms with Crippen molar-refractivity contribution in [2.45, 2.75) is 6.42 Å².